The van der Waals surface area contributed by atoms with Gasteiger partial charge in [0.1, 0.15) is 0 Å². The van der Waals surface area contributed by atoms with Gasteiger partial charge >= 0.3 is 15.5 Å². The van der Waals surface area contributed by atoms with Gasteiger partial charge in [-0.1, -0.05) is 0 Å². The lowest BCUT2D eigenvalue weighted by Crippen LogP contribution is -2.43. The van der Waals surface area contributed by atoms with Crippen LogP contribution in [0.25, 0.3) is 0 Å². The van der Waals surface area contributed by atoms with Gasteiger partial charge < -0.3 is 0 Å². The molecule has 0 aliphatic rings. The number of halogens is 3. The van der Waals surface area contributed by atoms with E-state index >= 15 is 0 Å². The van der Waals surface area contributed by atoms with Crippen LogP contribution in [0.5, 0.6) is 0 Å². The molecule has 98 valence electrons. The first kappa shape index (κ1) is 15.3. The predicted octanol–water partition coefficient (Wildman–Crippen LogP) is -0.536. The molecule has 0 aliphatic carbocycles. The van der Waals surface area contributed by atoms with E-state index in [1.807, 2.05) is 0 Å². The van der Waals surface area contributed by atoms with Crippen LogP contribution in [0.1, 0.15) is 13.8 Å². The summed E-state index contributed by atoms with van der Waals surface area (Å²) in [5, 5.41) is 3.28. The smallest absolute Gasteiger partial charge is 0.296 e. The van der Waals surface area contributed by atoms with Crippen molar-refractivity contribution in [3.8, 4) is 0 Å². The highest BCUT2D eigenvalue weighted by atomic mass is 32.2. The summed E-state index contributed by atoms with van der Waals surface area (Å²) >= 11 is 0. The van der Waals surface area contributed by atoms with E-state index in [0.29, 0.717) is 0 Å². The van der Waals surface area contributed by atoms with Crippen molar-refractivity contribution < 1.29 is 31.2 Å². The van der Waals surface area contributed by atoms with Crippen molar-refractivity contribution in [2.45, 2.75) is 19.4 Å². The van der Waals surface area contributed by atoms with E-state index < -0.39 is 33.3 Å². The second kappa shape index (κ2) is 5.12. The zero-order chi connectivity index (χ0) is 13.9. The molecule has 0 saturated heterocycles. The SMILES string of the molecule is CC(=O)NC(=NS(=O)(=O)C(F)(F)F)NC(C)=O. The van der Waals surface area contributed by atoms with E-state index in [1.165, 1.54) is 0 Å². The van der Waals surface area contributed by atoms with Gasteiger partial charge in [-0.25, -0.2) is 0 Å². The molecule has 0 unspecified atom stereocenters. The number of sulfonamides is 1. The molecule has 0 rings (SSSR count). The van der Waals surface area contributed by atoms with Crippen molar-refractivity contribution in [1.29, 1.82) is 0 Å². The molecule has 0 atom stereocenters. The summed E-state index contributed by atoms with van der Waals surface area (Å²) in [4.78, 5) is 21.1. The zero-order valence-electron chi connectivity index (χ0n) is 8.62. The van der Waals surface area contributed by atoms with Crippen LogP contribution in [0.4, 0.5) is 13.2 Å². The summed E-state index contributed by atoms with van der Waals surface area (Å²) in [6.07, 6.45) is 0. The van der Waals surface area contributed by atoms with Crippen molar-refractivity contribution in [3.05, 3.63) is 0 Å². The summed E-state index contributed by atoms with van der Waals surface area (Å²) in [5.74, 6) is -2.90. The van der Waals surface area contributed by atoms with E-state index in [2.05, 4.69) is 4.40 Å². The minimum absolute atomic E-state index is 0.894. The summed E-state index contributed by atoms with van der Waals surface area (Å²) < 4.78 is 59.3. The van der Waals surface area contributed by atoms with E-state index in [1.54, 1.807) is 10.6 Å². The van der Waals surface area contributed by atoms with Crippen LogP contribution >= 0.6 is 0 Å². The largest absolute Gasteiger partial charge is 0.518 e. The molecule has 2 N–H and O–H groups in total. The molecule has 0 saturated carbocycles. The van der Waals surface area contributed by atoms with E-state index in [9.17, 15) is 31.2 Å². The second-order valence-corrected chi connectivity index (χ2v) is 4.32. The first-order valence-electron chi connectivity index (χ1n) is 3.92. The fourth-order valence-electron chi connectivity index (χ4n) is 0.582. The molecule has 0 aliphatic heterocycles. The molecular formula is C6H8F3N3O4S. The number of hydrogen-bond donors (Lipinski definition) is 2. The van der Waals surface area contributed by atoms with Gasteiger partial charge in [0.25, 0.3) is 0 Å². The highest BCUT2D eigenvalue weighted by Gasteiger charge is 2.46. The number of carbonyl (C=O) groups excluding carboxylic acids is 2. The number of rotatable bonds is 1. The monoisotopic (exact) mass is 275 g/mol. The summed E-state index contributed by atoms with van der Waals surface area (Å²) in [6, 6.07) is 0. The van der Waals surface area contributed by atoms with Gasteiger partial charge in [0.05, 0.1) is 0 Å². The second-order valence-electron chi connectivity index (χ2n) is 2.72. The van der Waals surface area contributed by atoms with Crippen LogP contribution in [-0.2, 0) is 19.6 Å². The van der Waals surface area contributed by atoms with Crippen molar-refractivity contribution in [3.63, 3.8) is 0 Å². The Labute approximate surface area is 94.1 Å². The minimum Gasteiger partial charge on any atom is -0.296 e. The van der Waals surface area contributed by atoms with Crippen LogP contribution in [0, 0.1) is 0 Å². The lowest BCUT2D eigenvalue weighted by atomic mass is 10.6. The van der Waals surface area contributed by atoms with Gasteiger partial charge in [-0.3, -0.25) is 20.2 Å². The maximum atomic E-state index is 11.9. The van der Waals surface area contributed by atoms with Gasteiger partial charge in [0.15, 0.2) is 0 Å². The minimum atomic E-state index is -5.83. The van der Waals surface area contributed by atoms with E-state index in [4.69, 9.17) is 0 Å². The van der Waals surface area contributed by atoms with Gasteiger partial charge in [-0.2, -0.15) is 21.6 Å². The first-order chi connectivity index (χ1) is 7.45. The number of carbonyl (C=O) groups is 2. The Morgan fingerprint density at radius 3 is 1.65 bits per heavy atom. The molecule has 17 heavy (non-hydrogen) atoms. The number of alkyl halides is 3. The lowest BCUT2D eigenvalue weighted by Gasteiger charge is -2.08. The summed E-state index contributed by atoms with van der Waals surface area (Å²) in [5.41, 5.74) is -5.62. The molecule has 0 aromatic carbocycles. The molecule has 0 radical (unpaired) electrons. The van der Waals surface area contributed by atoms with Crippen molar-refractivity contribution in [2.24, 2.45) is 4.40 Å². The third-order valence-electron chi connectivity index (χ3n) is 1.09. The van der Waals surface area contributed by atoms with Crippen LogP contribution in [0.2, 0.25) is 0 Å². The zero-order valence-corrected chi connectivity index (χ0v) is 9.44. The van der Waals surface area contributed by atoms with Crippen LogP contribution < -0.4 is 10.6 Å². The molecule has 0 aromatic rings. The Kier molecular flexibility index (Phi) is 4.62. The van der Waals surface area contributed by atoms with Crippen LogP contribution in [0.3, 0.4) is 0 Å². The molecular weight excluding hydrogens is 267 g/mol. The van der Waals surface area contributed by atoms with Gasteiger partial charge in [-0.05, 0) is 0 Å². The van der Waals surface area contributed by atoms with E-state index in [0.717, 1.165) is 13.8 Å². The maximum Gasteiger partial charge on any atom is 0.518 e. The number of nitrogens with zero attached hydrogens (tertiary/aromatic N) is 1. The summed E-state index contributed by atoms with van der Waals surface area (Å²) in [7, 11) is -5.83. The normalized spacial score (nSPS) is 11.6. The molecule has 0 heterocycles. The number of amides is 2. The van der Waals surface area contributed by atoms with Crippen molar-refractivity contribution in [2.75, 3.05) is 0 Å². The molecule has 0 aromatic heterocycles. The Bertz CT molecular complexity index is 436. The molecule has 0 fully saturated rings. The van der Waals surface area contributed by atoms with Crippen molar-refractivity contribution >= 4 is 27.8 Å². The number of hydrogen-bond acceptors (Lipinski definition) is 4. The summed E-state index contributed by atoms with van der Waals surface area (Å²) in [6.45, 7) is 1.80. The quantitative estimate of drug-likeness (QED) is 0.495. The Hall–Kier alpha value is -1.65. The van der Waals surface area contributed by atoms with Crippen molar-refractivity contribution in [1.82, 2.24) is 10.6 Å². The standard InChI is InChI=1S/C6H8F3N3O4S/c1-3(13)10-5(11-4(2)14)12-17(15,16)6(7,8)9/h1-2H3,(H2,10,11,12,13,14). The third-order valence-corrected chi connectivity index (χ3v) is 2.10. The fourth-order valence-corrected chi connectivity index (χ4v) is 1.02. The lowest BCUT2D eigenvalue weighted by molar-refractivity contribution is -0.118. The van der Waals surface area contributed by atoms with Gasteiger partial charge in [0.2, 0.25) is 17.8 Å². The highest BCUT2D eigenvalue weighted by molar-refractivity contribution is 7.91. The average Bonchev–Trinajstić information content (AvgIpc) is 1.96. The fraction of sp³-hybridized carbons (Fsp3) is 0.500. The molecule has 0 bridgehead atoms. The molecule has 2 amide bonds. The highest BCUT2D eigenvalue weighted by Crippen LogP contribution is 2.24. The van der Waals surface area contributed by atoms with Gasteiger partial charge in [0, 0.05) is 13.8 Å². The average molecular weight is 275 g/mol. The molecule has 11 heteroatoms. The Morgan fingerprint density at radius 2 is 1.41 bits per heavy atom. The predicted molar refractivity (Wildman–Crippen MR) is 50.0 cm³/mol. The topological polar surface area (TPSA) is 105 Å². The maximum absolute atomic E-state index is 11.9. The Morgan fingerprint density at radius 1 is 1.06 bits per heavy atom. The van der Waals surface area contributed by atoms with E-state index in [-0.39, 0.29) is 0 Å². The van der Waals surface area contributed by atoms with Crippen LogP contribution in [0.15, 0.2) is 4.40 Å². The molecule has 7 nitrogen and oxygen atoms in total. The number of guanidine groups is 1. The first-order valence-corrected chi connectivity index (χ1v) is 5.36. The van der Waals surface area contributed by atoms with Crippen LogP contribution in [-0.4, -0.2) is 31.7 Å². The Balaban J connectivity index is 5.31. The van der Waals surface area contributed by atoms with Gasteiger partial charge in [-0.15, -0.1) is 4.40 Å². The molecule has 0 spiro atoms. The number of nitrogens with one attached hydrogen (secondary N) is 2. The third kappa shape index (κ3) is 5.29.